The molecule has 0 spiro atoms. The van der Waals surface area contributed by atoms with Crippen molar-refractivity contribution in [1.29, 1.82) is 0 Å². The van der Waals surface area contributed by atoms with Crippen LogP contribution in [0.3, 0.4) is 0 Å². The zero-order chi connectivity index (χ0) is 10.6. The monoisotopic (exact) mass is 215 g/mol. The molecule has 1 unspecified atom stereocenters. The summed E-state index contributed by atoms with van der Waals surface area (Å²) < 4.78 is 0. The maximum atomic E-state index is 11.5. The molecule has 1 saturated carbocycles. The van der Waals surface area contributed by atoms with Gasteiger partial charge in [-0.3, -0.25) is 9.69 Å². The quantitative estimate of drug-likeness (QED) is 0.648. The number of Topliss-reactive ketones (excluding diaryl/α,β-unsaturated/α-hetero) is 1. The summed E-state index contributed by atoms with van der Waals surface area (Å²) in [5, 5.41) is 0. The van der Waals surface area contributed by atoms with Gasteiger partial charge in [-0.05, 0) is 45.2 Å². The molecule has 14 heavy (non-hydrogen) atoms. The minimum atomic E-state index is 0.408. The summed E-state index contributed by atoms with van der Waals surface area (Å²) in [6, 6.07) is 0.533. The van der Waals surface area contributed by atoms with Crippen molar-refractivity contribution in [3.05, 3.63) is 0 Å². The van der Waals surface area contributed by atoms with Gasteiger partial charge in [0.2, 0.25) is 0 Å². The normalized spacial score (nSPS) is 18.6. The number of hydrogen-bond donors (Lipinski definition) is 0. The van der Waals surface area contributed by atoms with E-state index in [-0.39, 0.29) is 0 Å². The molecule has 0 radical (unpaired) electrons. The van der Waals surface area contributed by atoms with Gasteiger partial charge in [-0.15, -0.1) is 0 Å². The molecule has 0 heterocycles. The van der Waals surface area contributed by atoms with E-state index in [0.29, 0.717) is 24.3 Å². The summed E-state index contributed by atoms with van der Waals surface area (Å²) in [6.45, 7) is 2.86. The fourth-order valence-electron chi connectivity index (χ4n) is 1.44. The van der Waals surface area contributed by atoms with Crippen molar-refractivity contribution in [2.45, 2.75) is 32.2 Å². The predicted octanol–water partition coefficient (Wildman–Crippen LogP) is 2.04. The van der Waals surface area contributed by atoms with Gasteiger partial charge in [-0.2, -0.15) is 11.8 Å². The van der Waals surface area contributed by atoms with Crippen LogP contribution >= 0.6 is 11.8 Å². The Morgan fingerprint density at radius 2 is 2.21 bits per heavy atom. The molecule has 3 heteroatoms. The maximum absolute atomic E-state index is 11.5. The molecule has 0 aromatic carbocycles. The molecule has 1 aliphatic carbocycles. The SMILES string of the molecule is CSCCC(C)N(C)CC(=O)C1CC1. The van der Waals surface area contributed by atoms with Gasteiger partial charge < -0.3 is 0 Å². The molecule has 82 valence electrons. The van der Waals surface area contributed by atoms with E-state index in [9.17, 15) is 4.79 Å². The van der Waals surface area contributed by atoms with Crippen molar-refractivity contribution in [3.8, 4) is 0 Å². The lowest BCUT2D eigenvalue weighted by Gasteiger charge is -2.23. The van der Waals surface area contributed by atoms with Crippen LogP contribution in [0.25, 0.3) is 0 Å². The molecule has 0 amide bonds. The van der Waals surface area contributed by atoms with Crippen LogP contribution in [-0.4, -0.2) is 42.3 Å². The molecule has 0 N–H and O–H groups in total. The minimum absolute atomic E-state index is 0.408. The van der Waals surface area contributed by atoms with Gasteiger partial charge in [0, 0.05) is 12.0 Å². The highest BCUT2D eigenvalue weighted by atomic mass is 32.2. The lowest BCUT2D eigenvalue weighted by Crippen LogP contribution is -2.34. The Morgan fingerprint density at radius 3 is 2.71 bits per heavy atom. The highest BCUT2D eigenvalue weighted by Gasteiger charge is 2.30. The molecular weight excluding hydrogens is 194 g/mol. The molecular formula is C11H21NOS. The summed E-state index contributed by atoms with van der Waals surface area (Å²) in [5.74, 6) is 2.04. The van der Waals surface area contributed by atoms with E-state index in [2.05, 4.69) is 25.1 Å². The lowest BCUT2D eigenvalue weighted by atomic mass is 10.2. The Balaban J connectivity index is 2.18. The third-order valence-corrected chi connectivity index (χ3v) is 3.57. The standard InChI is InChI=1S/C11H21NOS/c1-9(6-7-14-3)12(2)8-11(13)10-4-5-10/h9-10H,4-8H2,1-3H3. The molecule has 2 nitrogen and oxygen atoms in total. The van der Waals surface area contributed by atoms with E-state index < -0.39 is 0 Å². The lowest BCUT2D eigenvalue weighted by molar-refractivity contribution is -0.121. The van der Waals surface area contributed by atoms with Gasteiger partial charge in [0.1, 0.15) is 5.78 Å². The molecule has 1 aliphatic rings. The van der Waals surface area contributed by atoms with Crippen LogP contribution in [-0.2, 0) is 4.79 Å². The fourth-order valence-corrected chi connectivity index (χ4v) is 2.02. The van der Waals surface area contributed by atoms with Gasteiger partial charge in [-0.1, -0.05) is 0 Å². The third-order valence-electron chi connectivity index (χ3n) is 2.93. The second-order valence-corrected chi connectivity index (χ2v) is 5.27. The average molecular weight is 215 g/mol. The summed E-state index contributed by atoms with van der Waals surface area (Å²) in [6.07, 6.45) is 5.56. The van der Waals surface area contributed by atoms with Crippen LogP contribution in [0.4, 0.5) is 0 Å². The number of nitrogens with zero attached hydrogens (tertiary/aromatic N) is 1. The first-order valence-electron chi connectivity index (χ1n) is 5.37. The maximum Gasteiger partial charge on any atom is 0.149 e. The molecule has 0 saturated heterocycles. The Kier molecular flexibility index (Phi) is 4.96. The van der Waals surface area contributed by atoms with E-state index in [1.165, 1.54) is 12.2 Å². The highest BCUT2D eigenvalue weighted by Crippen LogP contribution is 2.30. The Morgan fingerprint density at radius 1 is 1.57 bits per heavy atom. The van der Waals surface area contributed by atoms with E-state index in [1.807, 2.05) is 11.8 Å². The van der Waals surface area contributed by atoms with E-state index in [4.69, 9.17) is 0 Å². The number of carbonyl (C=O) groups is 1. The molecule has 1 fully saturated rings. The number of ketones is 1. The zero-order valence-electron chi connectivity index (χ0n) is 9.45. The minimum Gasteiger partial charge on any atom is -0.298 e. The largest absolute Gasteiger partial charge is 0.298 e. The van der Waals surface area contributed by atoms with Crippen LogP contribution in [0, 0.1) is 5.92 Å². The van der Waals surface area contributed by atoms with E-state index in [0.717, 1.165) is 12.8 Å². The summed E-state index contributed by atoms with van der Waals surface area (Å²) in [5.41, 5.74) is 0. The Labute approximate surface area is 91.4 Å². The molecule has 1 atom stereocenters. The van der Waals surface area contributed by atoms with Crippen molar-refractivity contribution in [2.75, 3.05) is 25.6 Å². The van der Waals surface area contributed by atoms with Crippen molar-refractivity contribution in [3.63, 3.8) is 0 Å². The molecule has 0 aromatic heterocycles. The summed E-state index contributed by atoms with van der Waals surface area (Å²) in [4.78, 5) is 13.7. The third kappa shape index (κ3) is 4.01. The zero-order valence-corrected chi connectivity index (χ0v) is 10.3. The molecule has 0 aromatic rings. The van der Waals surface area contributed by atoms with Crippen LogP contribution in [0.1, 0.15) is 26.2 Å². The number of likely N-dealkylation sites (N-methyl/N-ethyl adjacent to an activating group) is 1. The van der Waals surface area contributed by atoms with Crippen molar-refractivity contribution in [1.82, 2.24) is 4.90 Å². The van der Waals surface area contributed by atoms with Gasteiger partial charge in [0.05, 0.1) is 6.54 Å². The van der Waals surface area contributed by atoms with Crippen LogP contribution < -0.4 is 0 Å². The van der Waals surface area contributed by atoms with Crippen molar-refractivity contribution < 1.29 is 4.79 Å². The predicted molar refractivity (Wildman–Crippen MR) is 62.8 cm³/mol. The van der Waals surface area contributed by atoms with Crippen molar-refractivity contribution >= 4 is 17.5 Å². The van der Waals surface area contributed by atoms with Crippen molar-refractivity contribution in [2.24, 2.45) is 5.92 Å². The highest BCUT2D eigenvalue weighted by molar-refractivity contribution is 7.98. The van der Waals surface area contributed by atoms with E-state index >= 15 is 0 Å². The van der Waals surface area contributed by atoms with Gasteiger partial charge in [0.15, 0.2) is 0 Å². The Bertz CT molecular complexity index is 192. The van der Waals surface area contributed by atoms with Crippen LogP contribution in [0.5, 0.6) is 0 Å². The fraction of sp³-hybridized carbons (Fsp3) is 0.909. The van der Waals surface area contributed by atoms with Gasteiger partial charge in [0.25, 0.3) is 0 Å². The second kappa shape index (κ2) is 5.76. The van der Waals surface area contributed by atoms with Gasteiger partial charge in [-0.25, -0.2) is 0 Å². The number of carbonyl (C=O) groups excluding carboxylic acids is 1. The average Bonchev–Trinajstić information content (AvgIpc) is 2.96. The Hall–Kier alpha value is -0.0200. The second-order valence-electron chi connectivity index (χ2n) is 4.29. The van der Waals surface area contributed by atoms with Crippen LogP contribution in [0.2, 0.25) is 0 Å². The number of rotatable bonds is 7. The first-order valence-corrected chi connectivity index (χ1v) is 6.76. The van der Waals surface area contributed by atoms with E-state index in [1.54, 1.807) is 0 Å². The number of thioether (sulfide) groups is 1. The van der Waals surface area contributed by atoms with Gasteiger partial charge >= 0.3 is 0 Å². The summed E-state index contributed by atoms with van der Waals surface area (Å²) in [7, 11) is 2.06. The first kappa shape index (κ1) is 12.1. The summed E-state index contributed by atoms with van der Waals surface area (Å²) >= 11 is 1.87. The molecule has 0 bridgehead atoms. The first-order chi connectivity index (χ1) is 6.65. The molecule has 1 rings (SSSR count). The number of hydrogen-bond acceptors (Lipinski definition) is 3. The topological polar surface area (TPSA) is 20.3 Å². The van der Waals surface area contributed by atoms with Crippen LogP contribution in [0.15, 0.2) is 0 Å². The smallest absolute Gasteiger partial charge is 0.149 e. The molecule has 0 aliphatic heterocycles.